The Hall–Kier alpha value is -1.62. The van der Waals surface area contributed by atoms with Crippen LogP contribution < -0.4 is 5.32 Å². The van der Waals surface area contributed by atoms with Crippen LogP contribution >= 0.6 is 11.6 Å². The maximum Gasteiger partial charge on any atom is 0.437 e. The third kappa shape index (κ3) is 4.71. The monoisotopic (exact) mass is 272 g/mol. The molecule has 98 valence electrons. The molecule has 1 aromatic rings. The topological polar surface area (TPSA) is 50.7 Å². The molecular weight excluding hydrogens is 259 g/mol. The van der Waals surface area contributed by atoms with Crippen LogP contribution in [0.3, 0.4) is 0 Å². The minimum Gasteiger partial charge on any atom is -0.297 e. The molecule has 0 unspecified atom stereocenters. The van der Waals surface area contributed by atoms with Crippen LogP contribution in [0.4, 0.5) is 14.9 Å². The van der Waals surface area contributed by atoms with Crippen molar-refractivity contribution in [3.05, 3.63) is 29.6 Å². The number of carbonyl (C=O) groups excluding carboxylic acids is 1. The van der Waals surface area contributed by atoms with Gasteiger partial charge in [0.05, 0.1) is 0 Å². The van der Waals surface area contributed by atoms with Crippen molar-refractivity contribution in [1.29, 1.82) is 0 Å². The van der Waals surface area contributed by atoms with Crippen LogP contribution in [-0.4, -0.2) is 11.3 Å². The van der Waals surface area contributed by atoms with E-state index in [1.54, 1.807) is 13.0 Å². The Morgan fingerprint density at radius 1 is 1.56 bits per heavy atom. The summed E-state index contributed by atoms with van der Waals surface area (Å²) in [7, 11) is 0. The van der Waals surface area contributed by atoms with Crippen LogP contribution in [0, 0.1) is 12.7 Å². The Labute approximate surface area is 110 Å². The van der Waals surface area contributed by atoms with E-state index >= 15 is 0 Å². The van der Waals surface area contributed by atoms with Gasteiger partial charge in [0.25, 0.3) is 0 Å². The Bertz CT molecular complexity index is 463. The third-order valence-electron chi connectivity index (χ3n) is 2.12. The Morgan fingerprint density at radius 2 is 2.28 bits per heavy atom. The molecule has 0 heterocycles. The van der Waals surface area contributed by atoms with E-state index in [9.17, 15) is 9.18 Å². The van der Waals surface area contributed by atoms with Crippen LogP contribution in [0.25, 0.3) is 0 Å². The maximum absolute atomic E-state index is 13.0. The first-order valence-corrected chi connectivity index (χ1v) is 5.87. The Morgan fingerprint density at radius 3 is 2.94 bits per heavy atom. The number of benzene rings is 1. The lowest BCUT2D eigenvalue weighted by Crippen LogP contribution is -2.12. The number of hydrogen-bond acceptors (Lipinski definition) is 3. The standard InChI is InChI=1S/C12H14ClFN2O2/c1-3-4-11(13)16-18-12(17)15-10-7-9(14)6-5-8(10)2/h5-7H,3-4H2,1-2H3,(H,15,17)/b16-11+. The second-order valence-electron chi connectivity index (χ2n) is 3.68. The van der Waals surface area contributed by atoms with Crippen LogP contribution in [0.15, 0.2) is 23.4 Å². The van der Waals surface area contributed by atoms with E-state index in [0.717, 1.165) is 12.0 Å². The van der Waals surface area contributed by atoms with Gasteiger partial charge < -0.3 is 0 Å². The normalized spacial score (nSPS) is 11.2. The number of hydrogen-bond donors (Lipinski definition) is 1. The molecule has 0 aromatic heterocycles. The van der Waals surface area contributed by atoms with Crippen molar-refractivity contribution in [2.24, 2.45) is 5.16 Å². The first-order valence-electron chi connectivity index (χ1n) is 5.49. The van der Waals surface area contributed by atoms with Gasteiger partial charge in [-0.25, -0.2) is 9.18 Å². The molecule has 1 rings (SSSR count). The zero-order valence-corrected chi connectivity index (χ0v) is 10.9. The highest BCUT2D eigenvalue weighted by molar-refractivity contribution is 6.65. The number of oxime groups is 1. The van der Waals surface area contributed by atoms with Crippen molar-refractivity contribution < 1.29 is 14.0 Å². The van der Waals surface area contributed by atoms with Crippen molar-refractivity contribution in [1.82, 2.24) is 0 Å². The third-order valence-corrected chi connectivity index (χ3v) is 2.38. The summed E-state index contributed by atoms with van der Waals surface area (Å²) in [5, 5.41) is 6.03. The molecule has 0 spiro atoms. The molecule has 0 aliphatic rings. The molecule has 0 aliphatic carbocycles. The van der Waals surface area contributed by atoms with Crippen molar-refractivity contribution >= 4 is 28.6 Å². The summed E-state index contributed by atoms with van der Waals surface area (Å²) in [6.45, 7) is 3.66. The van der Waals surface area contributed by atoms with Gasteiger partial charge in [0.1, 0.15) is 11.0 Å². The van der Waals surface area contributed by atoms with E-state index in [2.05, 4.69) is 15.3 Å². The second-order valence-corrected chi connectivity index (χ2v) is 4.12. The SMILES string of the molecule is CCC/C(Cl)=N\OC(=O)Nc1cc(F)ccc1C. The quantitative estimate of drug-likeness (QED) is 0.511. The van der Waals surface area contributed by atoms with Gasteiger partial charge in [-0.2, -0.15) is 0 Å². The molecule has 1 amide bonds. The highest BCUT2D eigenvalue weighted by atomic mass is 35.5. The number of carbonyl (C=O) groups is 1. The lowest BCUT2D eigenvalue weighted by molar-refractivity contribution is 0.166. The first kappa shape index (κ1) is 14.4. The highest BCUT2D eigenvalue weighted by Gasteiger charge is 2.07. The van der Waals surface area contributed by atoms with Crippen LogP contribution in [0.5, 0.6) is 0 Å². The van der Waals surface area contributed by atoms with Gasteiger partial charge in [-0.05, 0) is 31.0 Å². The van der Waals surface area contributed by atoms with Crippen molar-refractivity contribution in [3.8, 4) is 0 Å². The molecule has 4 nitrogen and oxygen atoms in total. The molecule has 0 saturated carbocycles. The Kier molecular flexibility index (Phi) is 5.58. The molecule has 1 aromatic carbocycles. The van der Waals surface area contributed by atoms with E-state index in [1.165, 1.54) is 12.1 Å². The summed E-state index contributed by atoms with van der Waals surface area (Å²) in [6, 6.07) is 4.06. The van der Waals surface area contributed by atoms with Crippen molar-refractivity contribution in [3.63, 3.8) is 0 Å². The molecule has 0 atom stereocenters. The number of halogens is 2. The predicted octanol–water partition coefficient (Wildman–Crippen LogP) is 4.04. The van der Waals surface area contributed by atoms with Crippen LogP contribution in [0.1, 0.15) is 25.3 Å². The summed E-state index contributed by atoms with van der Waals surface area (Å²) in [4.78, 5) is 15.9. The molecule has 18 heavy (non-hydrogen) atoms. The van der Waals surface area contributed by atoms with Gasteiger partial charge >= 0.3 is 6.09 Å². The number of amides is 1. The van der Waals surface area contributed by atoms with Crippen molar-refractivity contribution in [2.45, 2.75) is 26.7 Å². The Balaban J connectivity index is 2.59. The fraction of sp³-hybridized carbons (Fsp3) is 0.333. The van der Waals surface area contributed by atoms with Gasteiger partial charge in [-0.3, -0.25) is 10.2 Å². The summed E-state index contributed by atoms with van der Waals surface area (Å²) in [5.41, 5.74) is 1.05. The molecular formula is C12H14ClFN2O2. The van der Waals surface area contributed by atoms with E-state index in [-0.39, 0.29) is 5.17 Å². The van der Waals surface area contributed by atoms with Gasteiger partial charge in [0.15, 0.2) is 0 Å². The highest BCUT2D eigenvalue weighted by Crippen LogP contribution is 2.16. The number of anilines is 1. The van der Waals surface area contributed by atoms with E-state index in [4.69, 9.17) is 11.6 Å². The molecule has 6 heteroatoms. The number of aryl methyl sites for hydroxylation is 1. The average molecular weight is 273 g/mol. The lowest BCUT2D eigenvalue weighted by Gasteiger charge is -2.06. The number of rotatable bonds is 4. The minimum atomic E-state index is -0.807. The number of nitrogens with one attached hydrogen (secondary N) is 1. The molecule has 0 bridgehead atoms. The number of nitrogens with zero attached hydrogens (tertiary/aromatic N) is 1. The fourth-order valence-corrected chi connectivity index (χ4v) is 1.43. The van der Waals surface area contributed by atoms with Gasteiger partial charge in [-0.15, -0.1) is 0 Å². The van der Waals surface area contributed by atoms with E-state index in [0.29, 0.717) is 12.1 Å². The zero-order valence-electron chi connectivity index (χ0n) is 10.2. The fourth-order valence-electron chi connectivity index (χ4n) is 1.20. The molecule has 0 aliphatic heterocycles. The smallest absolute Gasteiger partial charge is 0.297 e. The summed E-state index contributed by atoms with van der Waals surface area (Å²) >= 11 is 5.67. The summed E-state index contributed by atoms with van der Waals surface area (Å²) in [6.07, 6.45) is 0.530. The first-order chi connectivity index (χ1) is 8.52. The minimum absolute atomic E-state index is 0.212. The zero-order chi connectivity index (χ0) is 13.5. The predicted molar refractivity (Wildman–Crippen MR) is 69.4 cm³/mol. The molecule has 0 saturated heterocycles. The van der Waals surface area contributed by atoms with Crippen LogP contribution in [0.2, 0.25) is 0 Å². The van der Waals surface area contributed by atoms with E-state index < -0.39 is 11.9 Å². The van der Waals surface area contributed by atoms with E-state index in [1.807, 2.05) is 6.92 Å². The molecule has 0 radical (unpaired) electrons. The lowest BCUT2D eigenvalue weighted by atomic mass is 10.2. The second kappa shape index (κ2) is 6.96. The van der Waals surface area contributed by atoms with Crippen molar-refractivity contribution in [2.75, 3.05) is 5.32 Å². The molecule has 1 N–H and O–H groups in total. The average Bonchev–Trinajstić information content (AvgIpc) is 2.32. The molecule has 0 fully saturated rings. The van der Waals surface area contributed by atoms with Gasteiger partial charge in [0.2, 0.25) is 0 Å². The maximum atomic E-state index is 13.0. The largest absolute Gasteiger partial charge is 0.437 e. The van der Waals surface area contributed by atoms with Crippen LogP contribution in [-0.2, 0) is 4.84 Å². The summed E-state index contributed by atoms with van der Waals surface area (Å²) in [5.74, 6) is -0.441. The summed E-state index contributed by atoms with van der Waals surface area (Å²) < 4.78 is 13.0. The van der Waals surface area contributed by atoms with Gasteiger partial charge in [-0.1, -0.05) is 29.7 Å². The van der Waals surface area contributed by atoms with Gasteiger partial charge in [0, 0.05) is 12.1 Å².